The van der Waals surface area contributed by atoms with E-state index in [1.807, 2.05) is 0 Å². The molecule has 1 saturated heterocycles. The number of carbonyl (C=O) groups excluding carboxylic acids is 3. The van der Waals surface area contributed by atoms with Crippen molar-refractivity contribution in [1.82, 2.24) is 4.98 Å². The van der Waals surface area contributed by atoms with Crippen molar-refractivity contribution in [3.63, 3.8) is 0 Å². The highest BCUT2D eigenvalue weighted by molar-refractivity contribution is 7.14. The van der Waals surface area contributed by atoms with E-state index in [4.69, 9.17) is 4.74 Å². The number of aromatic nitrogens is 1. The molecular weight excluding hydrogens is 407 g/mol. The number of anilines is 1. The molecular formula is C22H17FN2O4S. The molecule has 3 aromatic rings. The Morgan fingerprint density at radius 3 is 2.37 bits per heavy atom. The van der Waals surface area contributed by atoms with Crippen LogP contribution in [-0.2, 0) is 16.0 Å². The summed E-state index contributed by atoms with van der Waals surface area (Å²) < 4.78 is 18.3. The molecule has 1 fully saturated rings. The van der Waals surface area contributed by atoms with Gasteiger partial charge in [0.15, 0.2) is 10.9 Å². The highest BCUT2D eigenvalue weighted by atomic mass is 32.1. The van der Waals surface area contributed by atoms with Gasteiger partial charge in [0, 0.05) is 29.5 Å². The number of halogens is 1. The number of esters is 1. The summed E-state index contributed by atoms with van der Waals surface area (Å²) in [4.78, 5) is 42.4. The van der Waals surface area contributed by atoms with Crippen molar-refractivity contribution in [3.8, 4) is 5.75 Å². The van der Waals surface area contributed by atoms with Gasteiger partial charge in [0.2, 0.25) is 5.91 Å². The van der Waals surface area contributed by atoms with Crippen LogP contribution in [0.2, 0.25) is 0 Å². The lowest BCUT2D eigenvalue weighted by Gasteiger charge is -2.10. The summed E-state index contributed by atoms with van der Waals surface area (Å²) in [6.07, 6.45) is 1.32. The van der Waals surface area contributed by atoms with Crippen molar-refractivity contribution >= 4 is 34.1 Å². The molecule has 0 bridgehead atoms. The van der Waals surface area contributed by atoms with Crippen LogP contribution >= 0.6 is 11.3 Å². The minimum atomic E-state index is -0.489. The van der Waals surface area contributed by atoms with Gasteiger partial charge in [0.25, 0.3) is 0 Å². The third-order valence-electron chi connectivity index (χ3n) is 4.62. The molecule has 0 spiro atoms. The van der Waals surface area contributed by atoms with Crippen molar-refractivity contribution in [2.45, 2.75) is 19.3 Å². The van der Waals surface area contributed by atoms with Gasteiger partial charge in [-0.25, -0.2) is 9.37 Å². The molecule has 0 saturated carbocycles. The lowest BCUT2D eigenvalue weighted by atomic mass is 10.0. The Bertz CT molecular complexity index is 1090. The van der Waals surface area contributed by atoms with Crippen LogP contribution in [0.15, 0.2) is 53.9 Å². The predicted octanol–water partition coefficient (Wildman–Crippen LogP) is 3.79. The second-order valence-electron chi connectivity index (χ2n) is 6.78. The average molecular weight is 424 g/mol. The van der Waals surface area contributed by atoms with Gasteiger partial charge >= 0.3 is 5.97 Å². The predicted molar refractivity (Wildman–Crippen MR) is 109 cm³/mol. The molecule has 8 heteroatoms. The van der Waals surface area contributed by atoms with Gasteiger partial charge in [-0.15, -0.1) is 11.3 Å². The maximum atomic E-state index is 13.0. The summed E-state index contributed by atoms with van der Waals surface area (Å²) in [5.41, 5.74) is 1.32. The Morgan fingerprint density at radius 2 is 1.73 bits per heavy atom. The SMILES string of the molecule is O=C(Cc1csc(N2CCCC2=O)n1)Oc1ccc(C(=O)c2ccc(F)cc2)cc1. The monoisotopic (exact) mass is 424 g/mol. The highest BCUT2D eigenvalue weighted by Crippen LogP contribution is 2.25. The van der Waals surface area contributed by atoms with Crippen LogP contribution in [0.1, 0.15) is 34.5 Å². The van der Waals surface area contributed by atoms with Crippen molar-refractivity contribution < 1.29 is 23.5 Å². The van der Waals surface area contributed by atoms with E-state index in [1.165, 1.54) is 47.7 Å². The van der Waals surface area contributed by atoms with E-state index >= 15 is 0 Å². The minimum Gasteiger partial charge on any atom is -0.426 e. The first kappa shape index (κ1) is 19.9. The first-order chi connectivity index (χ1) is 14.5. The molecule has 0 aliphatic carbocycles. The maximum Gasteiger partial charge on any atom is 0.317 e. The van der Waals surface area contributed by atoms with Gasteiger partial charge in [0.1, 0.15) is 11.6 Å². The Hall–Kier alpha value is -3.39. The molecule has 1 aliphatic heterocycles. The van der Waals surface area contributed by atoms with Gasteiger partial charge in [-0.3, -0.25) is 19.3 Å². The smallest absolute Gasteiger partial charge is 0.317 e. The Morgan fingerprint density at radius 1 is 1.07 bits per heavy atom. The van der Waals surface area contributed by atoms with E-state index in [2.05, 4.69) is 4.98 Å². The van der Waals surface area contributed by atoms with E-state index < -0.39 is 11.8 Å². The number of nitrogens with zero attached hydrogens (tertiary/aromatic N) is 2. The second kappa shape index (κ2) is 8.54. The zero-order valence-electron chi connectivity index (χ0n) is 15.8. The highest BCUT2D eigenvalue weighted by Gasteiger charge is 2.24. The number of benzene rings is 2. The quantitative estimate of drug-likeness (QED) is 0.342. The van der Waals surface area contributed by atoms with Gasteiger partial charge in [-0.05, 0) is 55.0 Å². The lowest BCUT2D eigenvalue weighted by Crippen LogP contribution is -2.23. The van der Waals surface area contributed by atoms with Crippen LogP contribution < -0.4 is 9.64 Å². The van der Waals surface area contributed by atoms with Crippen molar-refractivity contribution in [2.24, 2.45) is 0 Å². The van der Waals surface area contributed by atoms with E-state index in [-0.39, 0.29) is 18.1 Å². The molecule has 0 N–H and O–H groups in total. The van der Waals surface area contributed by atoms with Crippen LogP contribution in [0, 0.1) is 5.82 Å². The number of rotatable bonds is 6. The first-order valence-electron chi connectivity index (χ1n) is 9.35. The molecule has 0 atom stereocenters. The van der Waals surface area contributed by atoms with Gasteiger partial charge in [0.05, 0.1) is 12.1 Å². The van der Waals surface area contributed by atoms with Gasteiger partial charge in [-0.1, -0.05) is 0 Å². The fourth-order valence-corrected chi connectivity index (χ4v) is 3.98. The van der Waals surface area contributed by atoms with Crippen LogP contribution in [0.25, 0.3) is 0 Å². The number of carbonyl (C=O) groups is 3. The van der Waals surface area contributed by atoms with Crippen LogP contribution in [0.5, 0.6) is 5.75 Å². The second-order valence-corrected chi connectivity index (χ2v) is 7.62. The Labute approximate surface area is 175 Å². The molecule has 30 heavy (non-hydrogen) atoms. The Kier molecular flexibility index (Phi) is 5.67. The summed E-state index contributed by atoms with van der Waals surface area (Å²) in [5.74, 6) is -0.792. The van der Waals surface area contributed by atoms with Gasteiger partial charge < -0.3 is 4.74 Å². The van der Waals surface area contributed by atoms with Gasteiger partial charge in [-0.2, -0.15) is 0 Å². The van der Waals surface area contributed by atoms with Crippen LogP contribution in [0.4, 0.5) is 9.52 Å². The normalized spacial score (nSPS) is 13.5. The number of hydrogen-bond donors (Lipinski definition) is 0. The molecule has 4 rings (SSSR count). The molecule has 1 aliphatic rings. The Balaban J connectivity index is 1.36. The molecule has 152 valence electrons. The standard InChI is InChI=1S/C22H17FN2O4S/c23-16-7-3-14(4-8-16)21(28)15-5-9-18(10-6-15)29-20(27)12-17-13-30-22(24-17)25-11-1-2-19(25)26/h3-10,13H,1-2,11-12H2. The van der Waals surface area contributed by atoms with Crippen molar-refractivity contribution in [1.29, 1.82) is 0 Å². The third kappa shape index (κ3) is 4.44. The van der Waals surface area contributed by atoms with E-state index in [9.17, 15) is 18.8 Å². The maximum absolute atomic E-state index is 13.0. The zero-order chi connectivity index (χ0) is 21.1. The van der Waals surface area contributed by atoms with Crippen molar-refractivity contribution in [3.05, 3.63) is 76.5 Å². The number of thiazole rings is 1. The number of hydrogen-bond acceptors (Lipinski definition) is 6. The summed E-state index contributed by atoms with van der Waals surface area (Å²) in [6, 6.07) is 11.5. The number of ether oxygens (including phenoxy) is 1. The fourth-order valence-electron chi connectivity index (χ4n) is 3.11. The zero-order valence-corrected chi connectivity index (χ0v) is 16.7. The minimum absolute atomic E-state index is 0.0191. The average Bonchev–Trinajstić information content (AvgIpc) is 3.37. The lowest BCUT2D eigenvalue weighted by molar-refractivity contribution is -0.133. The molecule has 0 unspecified atom stereocenters. The first-order valence-corrected chi connectivity index (χ1v) is 10.2. The summed E-state index contributed by atoms with van der Waals surface area (Å²) in [7, 11) is 0. The summed E-state index contributed by atoms with van der Waals surface area (Å²) in [6.45, 7) is 0.652. The third-order valence-corrected chi connectivity index (χ3v) is 5.54. The number of ketones is 1. The molecule has 2 aromatic carbocycles. The molecule has 0 radical (unpaired) electrons. The van der Waals surface area contributed by atoms with Crippen LogP contribution in [-0.4, -0.2) is 29.2 Å². The molecule has 1 aromatic heterocycles. The largest absolute Gasteiger partial charge is 0.426 e. The molecule has 1 amide bonds. The molecule has 6 nitrogen and oxygen atoms in total. The van der Waals surface area contributed by atoms with E-state index in [0.29, 0.717) is 40.7 Å². The van der Waals surface area contributed by atoms with Crippen LogP contribution in [0.3, 0.4) is 0 Å². The molecule has 2 heterocycles. The van der Waals surface area contributed by atoms with Crippen molar-refractivity contribution in [2.75, 3.05) is 11.4 Å². The van der Waals surface area contributed by atoms with E-state index in [1.54, 1.807) is 22.4 Å². The van der Waals surface area contributed by atoms with E-state index in [0.717, 1.165) is 6.42 Å². The topological polar surface area (TPSA) is 76.6 Å². The fraction of sp³-hybridized carbons (Fsp3) is 0.182. The summed E-state index contributed by atoms with van der Waals surface area (Å²) in [5, 5.41) is 2.34. The summed E-state index contributed by atoms with van der Waals surface area (Å²) >= 11 is 1.33. The number of amides is 1.